The van der Waals surface area contributed by atoms with E-state index in [4.69, 9.17) is 4.74 Å². The van der Waals surface area contributed by atoms with Gasteiger partial charge in [-0.1, -0.05) is 36.4 Å². The van der Waals surface area contributed by atoms with Crippen LogP contribution in [0.1, 0.15) is 18.1 Å². The van der Waals surface area contributed by atoms with E-state index in [1.54, 1.807) is 6.08 Å². The summed E-state index contributed by atoms with van der Waals surface area (Å²) >= 11 is 0. The third-order valence-corrected chi connectivity index (χ3v) is 2.34. The summed E-state index contributed by atoms with van der Waals surface area (Å²) in [5.74, 6) is -0.233. The molecule has 1 aromatic carbocycles. The Morgan fingerprint density at radius 1 is 1.33 bits per heavy atom. The molecule has 0 unspecified atom stereocenters. The second kappa shape index (κ2) is 4.13. The van der Waals surface area contributed by atoms with E-state index >= 15 is 0 Å². The lowest BCUT2D eigenvalue weighted by Crippen LogP contribution is -2.01. The molecule has 1 atom stereocenters. The highest BCUT2D eigenvalue weighted by molar-refractivity contribution is 5.91. The molecular weight excluding hydrogens is 188 g/mol. The van der Waals surface area contributed by atoms with Gasteiger partial charge in [-0.05, 0) is 18.1 Å². The summed E-state index contributed by atoms with van der Waals surface area (Å²) in [7, 11) is 0. The van der Waals surface area contributed by atoms with Gasteiger partial charge < -0.3 is 4.74 Å². The second-order valence-corrected chi connectivity index (χ2v) is 3.42. The van der Waals surface area contributed by atoms with Crippen LogP contribution in [0.5, 0.6) is 0 Å². The van der Waals surface area contributed by atoms with Crippen LogP contribution in [0.25, 0.3) is 0 Å². The Morgan fingerprint density at radius 3 is 2.73 bits per heavy atom. The molecule has 1 heterocycles. The van der Waals surface area contributed by atoms with Crippen LogP contribution in [0.15, 0.2) is 54.6 Å². The largest absolute Gasteiger partial charge is 0.450 e. The zero-order chi connectivity index (χ0) is 10.7. The van der Waals surface area contributed by atoms with Gasteiger partial charge >= 0.3 is 5.97 Å². The number of carbonyl (C=O) groups is 1. The molecule has 0 saturated carbocycles. The van der Waals surface area contributed by atoms with Gasteiger partial charge in [-0.25, -0.2) is 4.79 Å². The van der Waals surface area contributed by atoms with Crippen LogP contribution in [0.2, 0.25) is 0 Å². The van der Waals surface area contributed by atoms with E-state index in [9.17, 15) is 4.79 Å². The molecule has 0 radical (unpaired) electrons. The third-order valence-electron chi connectivity index (χ3n) is 2.34. The fourth-order valence-corrected chi connectivity index (χ4v) is 1.59. The number of rotatable bonds is 3. The van der Waals surface area contributed by atoms with Gasteiger partial charge in [0.25, 0.3) is 0 Å². The Labute approximate surface area is 88.9 Å². The van der Waals surface area contributed by atoms with Crippen LogP contribution in [-0.4, -0.2) is 5.97 Å². The Bertz CT molecular complexity index is 404. The van der Waals surface area contributed by atoms with Gasteiger partial charge in [-0.3, -0.25) is 0 Å². The second-order valence-electron chi connectivity index (χ2n) is 3.42. The summed E-state index contributed by atoms with van der Waals surface area (Å²) in [6.45, 7) is 3.61. The normalized spacial score (nSPS) is 19.6. The molecule has 15 heavy (non-hydrogen) atoms. The number of hydrogen-bond acceptors (Lipinski definition) is 2. The maximum Gasteiger partial charge on any atom is 0.335 e. The topological polar surface area (TPSA) is 26.3 Å². The SMILES string of the molecule is C=CCC1=C[C@@H](c2ccccc2)OC1=O. The summed E-state index contributed by atoms with van der Waals surface area (Å²) < 4.78 is 5.23. The fourth-order valence-electron chi connectivity index (χ4n) is 1.59. The van der Waals surface area contributed by atoms with Crippen LogP contribution in [0.4, 0.5) is 0 Å². The van der Waals surface area contributed by atoms with Crippen molar-refractivity contribution in [3.63, 3.8) is 0 Å². The van der Waals surface area contributed by atoms with Crippen molar-refractivity contribution in [2.45, 2.75) is 12.5 Å². The minimum atomic E-state index is -0.233. The number of benzene rings is 1. The van der Waals surface area contributed by atoms with Crippen LogP contribution < -0.4 is 0 Å². The summed E-state index contributed by atoms with van der Waals surface area (Å²) in [6, 6.07) is 9.70. The van der Waals surface area contributed by atoms with Crippen LogP contribution >= 0.6 is 0 Å². The molecule has 1 aliphatic heterocycles. The van der Waals surface area contributed by atoms with Crippen molar-refractivity contribution in [3.8, 4) is 0 Å². The summed E-state index contributed by atoms with van der Waals surface area (Å²) in [5, 5.41) is 0. The van der Waals surface area contributed by atoms with E-state index in [0.29, 0.717) is 12.0 Å². The molecule has 0 bridgehead atoms. The van der Waals surface area contributed by atoms with Gasteiger partial charge in [0.05, 0.1) is 0 Å². The average molecular weight is 200 g/mol. The molecule has 76 valence electrons. The molecule has 2 nitrogen and oxygen atoms in total. The summed E-state index contributed by atoms with van der Waals surface area (Å²) in [6.07, 6.45) is 3.91. The van der Waals surface area contributed by atoms with Crippen molar-refractivity contribution in [1.82, 2.24) is 0 Å². The zero-order valence-corrected chi connectivity index (χ0v) is 8.35. The van der Waals surface area contributed by atoms with Gasteiger partial charge in [0.15, 0.2) is 0 Å². The average Bonchev–Trinajstić information content (AvgIpc) is 2.63. The highest BCUT2D eigenvalue weighted by Crippen LogP contribution is 2.28. The van der Waals surface area contributed by atoms with Crippen molar-refractivity contribution in [2.24, 2.45) is 0 Å². The van der Waals surface area contributed by atoms with Gasteiger partial charge in [-0.2, -0.15) is 0 Å². The number of ether oxygens (including phenoxy) is 1. The lowest BCUT2D eigenvalue weighted by Gasteiger charge is -2.07. The first-order chi connectivity index (χ1) is 7.31. The van der Waals surface area contributed by atoms with Crippen molar-refractivity contribution < 1.29 is 9.53 Å². The molecule has 1 aromatic rings. The number of allylic oxidation sites excluding steroid dienone is 1. The molecule has 0 amide bonds. The van der Waals surface area contributed by atoms with Crippen molar-refractivity contribution in [3.05, 3.63) is 60.2 Å². The van der Waals surface area contributed by atoms with E-state index in [0.717, 1.165) is 5.56 Å². The smallest absolute Gasteiger partial charge is 0.335 e. The zero-order valence-electron chi connectivity index (χ0n) is 8.35. The van der Waals surface area contributed by atoms with E-state index in [-0.39, 0.29) is 12.1 Å². The monoisotopic (exact) mass is 200 g/mol. The van der Waals surface area contributed by atoms with Crippen molar-refractivity contribution in [1.29, 1.82) is 0 Å². The Morgan fingerprint density at radius 2 is 2.07 bits per heavy atom. The number of cyclic esters (lactones) is 1. The van der Waals surface area contributed by atoms with E-state index < -0.39 is 0 Å². The Balaban J connectivity index is 2.21. The molecule has 0 fully saturated rings. The summed E-state index contributed by atoms with van der Waals surface area (Å²) in [4.78, 5) is 11.4. The molecule has 0 saturated heterocycles. The highest BCUT2D eigenvalue weighted by atomic mass is 16.5. The molecule has 0 aliphatic carbocycles. The van der Waals surface area contributed by atoms with Crippen LogP contribution in [0.3, 0.4) is 0 Å². The molecule has 1 aliphatic rings. The minimum absolute atomic E-state index is 0.228. The first-order valence-electron chi connectivity index (χ1n) is 4.89. The van der Waals surface area contributed by atoms with E-state index in [2.05, 4.69) is 6.58 Å². The Kier molecular flexibility index (Phi) is 2.68. The van der Waals surface area contributed by atoms with Crippen molar-refractivity contribution >= 4 is 5.97 Å². The van der Waals surface area contributed by atoms with Gasteiger partial charge in [-0.15, -0.1) is 6.58 Å². The molecule has 0 spiro atoms. The predicted molar refractivity (Wildman–Crippen MR) is 58.2 cm³/mol. The molecule has 0 aromatic heterocycles. The van der Waals surface area contributed by atoms with Crippen LogP contribution in [0, 0.1) is 0 Å². The molecule has 2 heteroatoms. The maximum absolute atomic E-state index is 11.4. The minimum Gasteiger partial charge on any atom is -0.450 e. The third kappa shape index (κ3) is 1.99. The molecule has 2 rings (SSSR count). The lowest BCUT2D eigenvalue weighted by molar-refractivity contribution is -0.139. The van der Waals surface area contributed by atoms with Crippen LogP contribution in [-0.2, 0) is 9.53 Å². The van der Waals surface area contributed by atoms with E-state index in [1.807, 2.05) is 36.4 Å². The summed E-state index contributed by atoms with van der Waals surface area (Å²) in [5.41, 5.74) is 1.70. The highest BCUT2D eigenvalue weighted by Gasteiger charge is 2.25. The van der Waals surface area contributed by atoms with Gasteiger partial charge in [0.2, 0.25) is 0 Å². The van der Waals surface area contributed by atoms with E-state index in [1.165, 1.54) is 0 Å². The van der Waals surface area contributed by atoms with Crippen molar-refractivity contribution in [2.75, 3.05) is 0 Å². The molecular formula is C13H12O2. The molecule has 0 N–H and O–H groups in total. The number of hydrogen-bond donors (Lipinski definition) is 0. The fraction of sp³-hybridized carbons (Fsp3) is 0.154. The number of carbonyl (C=O) groups excluding carboxylic acids is 1. The first-order valence-corrected chi connectivity index (χ1v) is 4.89. The lowest BCUT2D eigenvalue weighted by atomic mass is 10.1. The van der Waals surface area contributed by atoms with Gasteiger partial charge in [0.1, 0.15) is 6.10 Å². The standard InChI is InChI=1S/C13H12O2/c1-2-6-11-9-12(15-13(11)14)10-7-4-3-5-8-10/h2-5,7-9,12H,1,6H2/t12-/m0/s1. The predicted octanol–water partition coefficient (Wildman–Crippen LogP) is 2.79. The Hall–Kier alpha value is -1.83. The number of esters is 1. The maximum atomic E-state index is 11.4. The quantitative estimate of drug-likeness (QED) is 0.554. The van der Waals surface area contributed by atoms with Gasteiger partial charge in [0, 0.05) is 5.57 Å². The first kappa shape index (κ1) is 9.71.